The third-order valence-corrected chi connectivity index (χ3v) is 5.62. The summed E-state index contributed by atoms with van der Waals surface area (Å²) >= 11 is 0. The first-order chi connectivity index (χ1) is 13.6. The molecular formula is C21H18N4O3. The van der Waals surface area contributed by atoms with Gasteiger partial charge in [0.2, 0.25) is 0 Å². The molecule has 0 spiro atoms. The predicted octanol–water partition coefficient (Wildman–Crippen LogP) is 3.78. The van der Waals surface area contributed by atoms with Crippen LogP contribution < -0.4 is 4.90 Å². The summed E-state index contributed by atoms with van der Waals surface area (Å²) in [6, 6.07) is 12.5. The van der Waals surface area contributed by atoms with Crippen LogP contribution in [0, 0.1) is 10.1 Å². The zero-order chi connectivity index (χ0) is 19.4. The average molecular weight is 374 g/mol. The summed E-state index contributed by atoms with van der Waals surface area (Å²) in [4.78, 5) is 31.4. The molecule has 140 valence electrons. The molecule has 2 aliphatic rings. The molecule has 28 heavy (non-hydrogen) atoms. The third kappa shape index (κ3) is 2.19. The highest BCUT2D eigenvalue weighted by Crippen LogP contribution is 2.43. The van der Waals surface area contributed by atoms with E-state index in [0.29, 0.717) is 25.1 Å². The van der Waals surface area contributed by atoms with Gasteiger partial charge in [-0.1, -0.05) is 18.2 Å². The van der Waals surface area contributed by atoms with E-state index in [1.807, 2.05) is 35.2 Å². The molecule has 7 nitrogen and oxygen atoms in total. The number of hydrogen-bond donors (Lipinski definition) is 1. The standard InChI is InChI=1S/C21H18N4O3/c1-2-10-23-18-6-4-3-5-15(18)21(26)24-11-9-14-16-12-13(25(27)28)7-8-17(16)22-19(14)20(23)24/h2-8,12,20,22H,1,9-11H2. The van der Waals surface area contributed by atoms with Gasteiger partial charge in [-0.3, -0.25) is 14.9 Å². The Morgan fingerprint density at radius 3 is 2.89 bits per heavy atom. The highest BCUT2D eigenvalue weighted by atomic mass is 16.6. The van der Waals surface area contributed by atoms with Crippen molar-refractivity contribution in [2.24, 2.45) is 0 Å². The Morgan fingerprint density at radius 2 is 2.11 bits per heavy atom. The lowest BCUT2D eigenvalue weighted by Gasteiger charge is -2.47. The lowest BCUT2D eigenvalue weighted by atomic mass is 9.95. The van der Waals surface area contributed by atoms with Crippen LogP contribution in [0.3, 0.4) is 0 Å². The summed E-state index contributed by atoms with van der Waals surface area (Å²) in [6.07, 6.45) is 2.20. The lowest BCUT2D eigenvalue weighted by Crippen LogP contribution is -2.52. The first-order valence-electron chi connectivity index (χ1n) is 9.16. The number of aromatic amines is 1. The number of nitrogens with one attached hydrogen (secondary N) is 1. The molecule has 1 amide bonds. The number of fused-ring (bicyclic) bond motifs is 6. The van der Waals surface area contributed by atoms with E-state index in [1.165, 1.54) is 6.07 Å². The summed E-state index contributed by atoms with van der Waals surface area (Å²) < 4.78 is 0. The number of non-ortho nitro benzene ring substituents is 1. The number of anilines is 1. The number of aromatic nitrogens is 1. The van der Waals surface area contributed by atoms with Crippen molar-refractivity contribution in [3.63, 3.8) is 0 Å². The SMILES string of the molecule is C=CCN1c2ccccc2C(=O)N2CCc3c([nH]c4ccc([N+](=O)[O-])cc34)C21. The van der Waals surface area contributed by atoms with Crippen molar-refractivity contribution in [3.05, 3.63) is 82.1 Å². The van der Waals surface area contributed by atoms with Crippen molar-refractivity contribution in [2.75, 3.05) is 18.0 Å². The molecule has 7 heteroatoms. The fourth-order valence-electron chi connectivity index (χ4n) is 4.44. The molecule has 1 N–H and O–H groups in total. The van der Waals surface area contributed by atoms with Crippen LogP contribution in [0.5, 0.6) is 0 Å². The van der Waals surface area contributed by atoms with Gasteiger partial charge in [0.1, 0.15) is 6.17 Å². The molecule has 1 aromatic heterocycles. The molecule has 3 heterocycles. The minimum atomic E-state index is -0.377. The van der Waals surface area contributed by atoms with Crippen LogP contribution in [0.15, 0.2) is 55.1 Å². The van der Waals surface area contributed by atoms with E-state index >= 15 is 0 Å². The molecule has 0 saturated carbocycles. The number of amides is 1. The minimum Gasteiger partial charge on any atom is -0.355 e. The molecule has 0 saturated heterocycles. The van der Waals surface area contributed by atoms with Gasteiger partial charge in [-0.05, 0) is 30.2 Å². The Morgan fingerprint density at radius 1 is 1.29 bits per heavy atom. The van der Waals surface area contributed by atoms with E-state index in [2.05, 4.69) is 16.5 Å². The fourth-order valence-corrected chi connectivity index (χ4v) is 4.44. The van der Waals surface area contributed by atoms with Gasteiger partial charge in [0.05, 0.1) is 21.9 Å². The smallest absolute Gasteiger partial charge is 0.270 e. The van der Waals surface area contributed by atoms with Gasteiger partial charge in [0.25, 0.3) is 11.6 Å². The molecular weight excluding hydrogens is 356 g/mol. The first-order valence-corrected chi connectivity index (χ1v) is 9.16. The predicted molar refractivity (Wildman–Crippen MR) is 106 cm³/mol. The summed E-state index contributed by atoms with van der Waals surface area (Å²) in [5, 5.41) is 12.1. The van der Waals surface area contributed by atoms with Crippen LogP contribution in [-0.4, -0.2) is 33.8 Å². The van der Waals surface area contributed by atoms with Crippen molar-refractivity contribution in [1.29, 1.82) is 0 Å². The van der Waals surface area contributed by atoms with Crippen LogP contribution in [-0.2, 0) is 6.42 Å². The van der Waals surface area contributed by atoms with Gasteiger partial charge in [-0.2, -0.15) is 0 Å². The second kappa shape index (κ2) is 5.95. The zero-order valence-corrected chi connectivity index (χ0v) is 15.1. The van der Waals surface area contributed by atoms with E-state index < -0.39 is 0 Å². The first kappa shape index (κ1) is 16.6. The molecule has 0 bridgehead atoms. The van der Waals surface area contributed by atoms with Crippen molar-refractivity contribution in [2.45, 2.75) is 12.6 Å². The zero-order valence-electron chi connectivity index (χ0n) is 15.1. The number of para-hydroxylation sites is 1. The van der Waals surface area contributed by atoms with Crippen LogP contribution in [0.4, 0.5) is 11.4 Å². The Kier molecular flexibility index (Phi) is 3.52. The number of rotatable bonds is 3. The molecule has 2 aliphatic heterocycles. The summed E-state index contributed by atoms with van der Waals surface area (Å²) in [5.41, 5.74) is 4.46. The normalized spacial score (nSPS) is 17.9. The van der Waals surface area contributed by atoms with Crippen LogP contribution in [0.25, 0.3) is 10.9 Å². The molecule has 1 unspecified atom stereocenters. The van der Waals surface area contributed by atoms with E-state index in [0.717, 1.165) is 27.8 Å². The van der Waals surface area contributed by atoms with Gasteiger partial charge in [-0.15, -0.1) is 6.58 Å². The molecule has 5 rings (SSSR count). The number of nitrogens with zero attached hydrogens (tertiary/aromatic N) is 3. The average Bonchev–Trinajstić information content (AvgIpc) is 3.08. The molecule has 0 aliphatic carbocycles. The van der Waals surface area contributed by atoms with E-state index in [4.69, 9.17) is 0 Å². The third-order valence-electron chi connectivity index (χ3n) is 5.62. The number of hydrogen-bond acceptors (Lipinski definition) is 4. The highest BCUT2D eigenvalue weighted by molar-refractivity contribution is 6.02. The second-order valence-corrected chi connectivity index (χ2v) is 7.08. The largest absolute Gasteiger partial charge is 0.355 e. The number of benzene rings is 2. The van der Waals surface area contributed by atoms with Crippen molar-refractivity contribution in [3.8, 4) is 0 Å². The fraction of sp³-hybridized carbons (Fsp3) is 0.190. The Labute approximate surface area is 161 Å². The van der Waals surface area contributed by atoms with Crippen LogP contribution >= 0.6 is 0 Å². The minimum absolute atomic E-state index is 0.0104. The molecule has 3 aromatic rings. The number of nitro groups is 1. The van der Waals surface area contributed by atoms with Crippen LogP contribution in [0.2, 0.25) is 0 Å². The number of nitro benzene ring substituents is 1. The topological polar surface area (TPSA) is 82.5 Å². The van der Waals surface area contributed by atoms with Gasteiger partial charge >= 0.3 is 0 Å². The van der Waals surface area contributed by atoms with E-state index in [9.17, 15) is 14.9 Å². The molecule has 2 aromatic carbocycles. The molecule has 1 atom stereocenters. The van der Waals surface area contributed by atoms with Crippen molar-refractivity contribution < 1.29 is 9.72 Å². The van der Waals surface area contributed by atoms with Crippen molar-refractivity contribution in [1.82, 2.24) is 9.88 Å². The maximum Gasteiger partial charge on any atom is 0.270 e. The number of carbonyl (C=O) groups excluding carboxylic acids is 1. The number of carbonyl (C=O) groups is 1. The Hall–Kier alpha value is -3.61. The van der Waals surface area contributed by atoms with Crippen LogP contribution in [0.1, 0.15) is 27.8 Å². The van der Waals surface area contributed by atoms with Gasteiger partial charge in [-0.25, -0.2) is 0 Å². The second-order valence-electron chi connectivity index (χ2n) is 7.08. The maximum absolute atomic E-state index is 13.1. The van der Waals surface area contributed by atoms with Gasteiger partial charge in [0.15, 0.2) is 0 Å². The van der Waals surface area contributed by atoms with E-state index in [1.54, 1.807) is 12.1 Å². The molecule has 0 fully saturated rings. The van der Waals surface area contributed by atoms with E-state index in [-0.39, 0.29) is 22.7 Å². The van der Waals surface area contributed by atoms with Crippen molar-refractivity contribution >= 4 is 28.2 Å². The lowest BCUT2D eigenvalue weighted by molar-refractivity contribution is -0.384. The summed E-state index contributed by atoms with van der Waals surface area (Å²) in [7, 11) is 0. The highest BCUT2D eigenvalue weighted by Gasteiger charge is 2.42. The maximum atomic E-state index is 13.1. The van der Waals surface area contributed by atoms with Gasteiger partial charge < -0.3 is 14.8 Å². The summed E-state index contributed by atoms with van der Waals surface area (Å²) in [5.74, 6) is 0.0104. The number of H-pyrrole nitrogens is 1. The quantitative estimate of drug-likeness (QED) is 0.430. The summed E-state index contributed by atoms with van der Waals surface area (Å²) in [6.45, 7) is 5.03. The Bertz CT molecular complexity index is 1150. The van der Waals surface area contributed by atoms with Gasteiger partial charge in [0, 0.05) is 36.1 Å². The molecule has 0 radical (unpaired) electrons. The monoisotopic (exact) mass is 374 g/mol. The Balaban J connectivity index is 1.72.